The molecule has 7 heteroatoms. The first-order valence-corrected chi connectivity index (χ1v) is 7.75. The second-order valence-corrected chi connectivity index (χ2v) is 5.42. The number of carbonyl (C=O) groups excluding carboxylic acids is 2. The lowest BCUT2D eigenvalue weighted by Gasteiger charge is -2.33. The third-order valence-electron chi connectivity index (χ3n) is 3.41. The van der Waals surface area contributed by atoms with Gasteiger partial charge in [0.05, 0.1) is 12.3 Å². The van der Waals surface area contributed by atoms with E-state index in [0.717, 1.165) is 24.4 Å². The first-order valence-electron chi connectivity index (χ1n) is 6.97. The Morgan fingerprint density at radius 1 is 1.40 bits per heavy atom. The lowest BCUT2D eigenvalue weighted by molar-refractivity contribution is -0.149. The number of hydrogen-bond acceptors (Lipinski definition) is 6. The molecule has 2 rings (SSSR count). The van der Waals surface area contributed by atoms with E-state index in [0.29, 0.717) is 36.6 Å². The van der Waals surface area contributed by atoms with E-state index in [1.54, 1.807) is 11.8 Å². The molecule has 0 bridgehead atoms. The normalized spacial score (nSPS) is 18.9. The molecule has 0 N–H and O–H groups in total. The van der Waals surface area contributed by atoms with Crippen LogP contribution in [0.15, 0.2) is 0 Å². The number of esters is 1. The lowest BCUT2D eigenvalue weighted by Crippen LogP contribution is -2.48. The Hall–Kier alpha value is -1.50. The zero-order valence-corrected chi connectivity index (χ0v) is 12.6. The molecule has 0 radical (unpaired) electrons. The first-order chi connectivity index (χ1) is 9.69. The highest BCUT2D eigenvalue weighted by atomic mass is 32.1. The molecule has 1 aromatic rings. The third-order valence-corrected chi connectivity index (χ3v) is 4.16. The van der Waals surface area contributed by atoms with Gasteiger partial charge in [-0.25, -0.2) is 4.79 Å². The summed E-state index contributed by atoms with van der Waals surface area (Å²) in [5.41, 5.74) is 0.702. The van der Waals surface area contributed by atoms with Crippen molar-refractivity contribution in [1.82, 2.24) is 14.5 Å². The monoisotopic (exact) mass is 297 g/mol. The fourth-order valence-electron chi connectivity index (χ4n) is 2.39. The molecule has 2 heterocycles. The van der Waals surface area contributed by atoms with Crippen molar-refractivity contribution in [2.75, 3.05) is 13.2 Å². The zero-order valence-electron chi connectivity index (χ0n) is 11.8. The number of hydrogen-bond donors (Lipinski definition) is 0. The van der Waals surface area contributed by atoms with Crippen LogP contribution in [0.25, 0.3) is 0 Å². The Morgan fingerprint density at radius 3 is 2.90 bits per heavy atom. The fourth-order valence-corrected chi connectivity index (χ4v) is 3.10. The molecule has 1 atom stereocenters. The summed E-state index contributed by atoms with van der Waals surface area (Å²) in [6.45, 7) is 4.63. The molecule has 110 valence electrons. The maximum absolute atomic E-state index is 12.6. The van der Waals surface area contributed by atoms with Crippen molar-refractivity contribution in [1.29, 1.82) is 0 Å². The number of piperidine rings is 1. The van der Waals surface area contributed by atoms with Crippen LogP contribution in [-0.2, 0) is 16.0 Å². The molecule has 0 saturated carbocycles. The maximum Gasteiger partial charge on any atom is 0.328 e. The van der Waals surface area contributed by atoms with Crippen LogP contribution in [0, 0.1) is 0 Å². The van der Waals surface area contributed by atoms with Gasteiger partial charge in [0.1, 0.15) is 10.9 Å². The first kappa shape index (κ1) is 14.9. The van der Waals surface area contributed by atoms with E-state index >= 15 is 0 Å². The van der Waals surface area contributed by atoms with Gasteiger partial charge in [0.15, 0.2) is 0 Å². The number of rotatable bonds is 4. The molecule has 1 amide bonds. The van der Waals surface area contributed by atoms with Crippen molar-refractivity contribution < 1.29 is 14.3 Å². The second-order valence-electron chi connectivity index (χ2n) is 4.66. The number of aryl methyl sites for hydroxylation is 1. The Morgan fingerprint density at radius 2 is 2.20 bits per heavy atom. The van der Waals surface area contributed by atoms with E-state index in [1.165, 1.54) is 0 Å². The molecule has 1 saturated heterocycles. The quantitative estimate of drug-likeness (QED) is 0.790. The number of likely N-dealkylation sites (tertiary alicyclic amines) is 1. The van der Waals surface area contributed by atoms with E-state index in [1.807, 2.05) is 6.92 Å². The molecule has 1 aliphatic rings. The molecule has 6 nitrogen and oxygen atoms in total. The highest BCUT2D eigenvalue weighted by Gasteiger charge is 2.35. The summed E-state index contributed by atoms with van der Waals surface area (Å²) in [5, 5.41) is 3.96. The summed E-state index contributed by atoms with van der Waals surface area (Å²) in [5.74, 6) is -0.453. The van der Waals surface area contributed by atoms with Crippen molar-refractivity contribution in [2.45, 2.75) is 45.6 Å². The summed E-state index contributed by atoms with van der Waals surface area (Å²) in [6.07, 6.45) is 3.18. The summed E-state index contributed by atoms with van der Waals surface area (Å²) < 4.78 is 8.92. The Balaban J connectivity index is 2.19. The minimum Gasteiger partial charge on any atom is -0.464 e. The van der Waals surface area contributed by atoms with Crippen molar-refractivity contribution in [3.8, 4) is 0 Å². The molecule has 1 unspecified atom stereocenters. The average Bonchev–Trinajstić information content (AvgIpc) is 2.95. The maximum atomic E-state index is 12.6. The van der Waals surface area contributed by atoms with E-state index in [4.69, 9.17) is 4.74 Å². The van der Waals surface area contributed by atoms with Crippen molar-refractivity contribution in [2.24, 2.45) is 0 Å². The smallest absolute Gasteiger partial charge is 0.328 e. The van der Waals surface area contributed by atoms with E-state index in [-0.39, 0.29) is 11.9 Å². The minimum absolute atomic E-state index is 0.144. The fraction of sp³-hybridized carbons (Fsp3) is 0.692. The Kier molecular flexibility index (Phi) is 5.05. The van der Waals surface area contributed by atoms with Gasteiger partial charge in [-0.2, -0.15) is 0 Å². The van der Waals surface area contributed by atoms with Crippen molar-refractivity contribution >= 4 is 23.4 Å². The molecule has 1 aliphatic heterocycles. The van der Waals surface area contributed by atoms with Gasteiger partial charge in [-0.15, -0.1) is 5.10 Å². The summed E-state index contributed by atoms with van der Waals surface area (Å²) in [7, 11) is 0. The van der Waals surface area contributed by atoms with Crippen LogP contribution in [0.1, 0.15) is 48.5 Å². The van der Waals surface area contributed by atoms with Crippen molar-refractivity contribution in [3.05, 3.63) is 10.6 Å². The van der Waals surface area contributed by atoms with E-state index < -0.39 is 6.04 Å². The highest BCUT2D eigenvalue weighted by molar-refractivity contribution is 7.08. The van der Waals surface area contributed by atoms with Crippen LogP contribution >= 0.6 is 11.5 Å². The third kappa shape index (κ3) is 2.98. The molecule has 1 fully saturated rings. The van der Waals surface area contributed by atoms with Gasteiger partial charge in [-0.1, -0.05) is 11.4 Å². The summed E-state index contributed by atoms with van der Waals surface area (Å²) in [6, 6.07) is -0.469. The summed E-state index contributed by atoms with van der Waals surface area (Å²) in [4.78, 5) is 26.8. The van der Waals surface area contributed by atoms with E-state index in [2.05, 4.69) is 9.59 Å². The van der Waals surface area contributed by atoms with Crippen LogP contribution in [0.3, 0.4) is 0 Å². The topological polar surface area (TPSA) is 72.4 Å². The molecular weight excluding hydrogens is 278 g/mol. The SMILES string of the molecule is CCOC(=O)C1CCCCN1C(=O)c1snnc1CC. The number of nitrogens with zero attached hydrogens (tertiary/aromatic N) is 3. The molecule has 0 aromatic carbocycles. The minimum atomic E-state index is -0.469. The van der Waals surface area contributed by atoms with Crippen LogP contribution in [0.2, 0.25) is 0 Å². The van der Waals surface area contributed by atoms with Crippen LogP contribution < -0.4 is 0 Å². The number of ether oxygens (including phenoxy) is 1. The molecule has 1 aromatic heterocycles. The van der Waals surface area contributed by atoms with Crippen molar-refractivity contribution in [3.63, 3.8) is 0 Å². The average molecular weight is 297 g/mol. The second kappa shape index (κ2) is 6.78. The predicted octanol–water partition coefficient (Wildman–Crippen LogP) is 1.66. The van der Waals surface area contributed by atoms with Crippen LogP contribution in [0.5, 0.6) is 0 Å². The molecule has 20 heavy (non-hydrogen) atoms. The zero-order chi connectivity index (χ0) is 14.5. The Labute approximate surface area is 122 Å². The molecular formula is C13H19N3O3S. The van der Waals surface area contributed by atoms with Gasteiger partial charge in [0, 0.05) is 6.54 Å². The van der Waals surface area contributed by atoms with Gasteiger partial charge in [0.2, 0.25) is 0 Å². The number of aromatic nitrogens is 2. The molecule has 0 spiro atoms. The summed E-state index contributed by atoms with van der Waals surface area (Å²) >= 11 is 1.10. The lowest BCUT2D eigenvalue weighted by atomic mass is 10.0. The van der Waals surface area contributed by atoms with Gasteiger partial charge < -0.3 is 9.64 Å². The van der Waals surface area contributed by atoms with Crippen LogP contribution in [-0.4, -0.2) is 45.6 Å². The van der Waals surface area contributed by atoms with Gasteiger partial charge in [-0.3, -0.25) is 4.79 Å². The Bertz CT molecular complexity index is 489. The van der Waals surface area contributed by atoms with Gasteiger partial charge in [0.25, 0.3) is 5.91 Å². The standard InChI is InChI=1S/C13H19N3O3S/c1-3-9-11(20-15-14-9)12(17)16-8-6-5-7-10(16)13(18)19-4-2/h10H,3-8H2,1-2H3. The van der Waals surface area contributed by atoms with Gasteiger partial charge >= 0.3 is 5.97 Å². The highest BCUT2D eigenvalue weighted by Crippen LogP contribution is 2.23. The number of amides is 1. The largest absolute Gasteiger partial charge is 0.464 e. The van der Waals surface area contributed by atoms with Crippen LogP contribution in [0.4, 0.5) is 0 Å². The van der Waals surface area contributed by atoms with Gasteiger partial charge in [-0.05, 0) is 44.1 Å². The number of carbonyl (C=O) groups is 2. The predicted molar refractivity (Wildman–Crippen MR) is 74.6 cm³/mol. The molecule has 0 aliphatic carbocycles. The van der Waals surface area contributed by atoms with E-state index in [9.17, 15) is 9.59 Å².